The molecule has 0 aromatic carbocycles. The van der Waals surface area contributed by atoms with Gasteiger partial charge in [-0.15, -0.1) is 0 Å². The smallest absolute Gasteiger partial charge is 0.242 e. The summed E-state index contributed by atoms with van der Waals surface area (Å²) in [4.78, 5) is 29.1. The van der Waals surface area contributed by atoms with Gasteiger partial charge in [-0.25, -0.2) is 0 Å². The van der Waals surface area contributed by atoms with Crippen molar-refractivity contribution in [3.8, 4) is 0 Å². The summed E-state index contributed by atoms with van der Waals surface area (Å²) in [5.41, 5.74) is 5.68. The van der Waals surface area contributed by atoms with Crippen molar-refractivity contribution in [2.24, 2.45) is 11.7 Å². The first-order chi connectivity index (χ1) is 11.1. The van der Waals surface area contributed by atoms with Crippen molar-refractivity contribution in [3.05, 3.63) is 0 Å². The maximum atomic E-state index is 12.7. The lowest BCUT2D eigenvalue weighted by molar-refractivity contribution is -0.137. The molecule has 2 amide bonds. The molecule has 0 atom stereocenters. The van der Waals surface area contributed by atoms with Crippen LogP contribution in [0.5, 0.6) is 0 Å². The van der Waals surface area contributed by atoms with Crippen LogP contribution in [-0.4, -0.2) is 53.3 Å². The first-order valence-corrected chi connectivity index (χ1v) is 9.44. The molecule has 0 bridgehead atoms. The van der Waals surface area contributed by atoms with Crippen molar-refractivity contribution in [2.45, 2.75) is 69.7 Å². The summed E-state index contributed by atoms with van der Waals surface area (Å²) in [6, 6.07) is 0. The molecule has 1 heterocycles. The summed E-state index contributed by atoms with van der Waals surface area (Å²) in [7, 11) is 0. The highest BCUT2D eigenvalue weighted by molar-refractivity contribution is 5.86. The van der Waals surface area contributed by atoms with Gasteiger partial charge >= 0.3 is 0 Å². The zero-order valence-corrected chi connectivity index (χ0v) is 14.3. The molecular weight excluding hydrogens is 290 g/mol. The van der Waals surface area contributed by atoms with Crippen LogP contribution in [0.15, 0.2) is 0 Å². The van der Waals surface area contributed by atoms with Crippen molar-refractivity contribution in [1.82, 2.24) is 9.80 Å². The Morgan fingerprint density at radius 1 is 0.870 bits per heavy atom. The van der Waals surface area contributed by atoms with E-state index in [2.05, 4.69) is 0 Å². The van der Waals surface area contributed by atoms with Crippen molar-refractivity contribution >= 4 is 11.8 Å². The van der Waals surface area contributed by atoms with Crippen LogP contribution in [0, 0.1) is 5.92 Å². The van der Waals surface area contributed by atoms with Crippen LogP contribution < -0.4 is 5.73 Å². The molecule has 3 aliphatic rings. The minimum atomic E-state index is -0.636. The number of carbonyl (C=O) groups excluding carboxylic acids is 2. The molecule has 5 nitrogen and oxygen atoms in total. The normalized spacial score (nSPS) is 25.6. The molecule has 0 spiro atoms. The highest BCUT2D eigenvalue weighted by Crippen LogP contribution is 2.30. The van der Waals surface area contributed by atoms with Gasteiger partial charge in [-0.1, -0.05) is 25.7 Å². The number of rotatable bonds is 3. The van der Waals surface area contributed by atoms with Gasteiger partial charge in [-0.3, -0.25) is 9.59 Å². The molecule has 1 aliphatic heterocycles. The minimum absolute atomic E-state index is 0.111. The fourth-order valence-corrected chi connectivity index (χ4v) is 4.50. The Morgan fingerprint density at radius 2 is 1.48 bits per heavy atom. The molecule has 130 valence electrons. The SMILES string of the molecule is NC1(C(=O)N2CCCN(C(=O)CC3CCCC3)CC2)CCCC1. The fourth-order valence-electron chi connectivity index (χ4n) is 4.50. The second-order valence-corrected chi connectivity index (χ2v) is 7.74. The summed E-state index contributed by atoms with van der Waals surface area (Å²) < 4.78 is 0. The Hall–Kier alpha value is -1.10. The van der Waals surface area contributed by atoms with Crippen LogP contribution in [0.3, 0.4) is 0 Å². The average Bonchev–Trinajstić information content (AvgIpc) is 3.14. The quantitative estimate of drug-likeness (QED) is 0.863. The van der Waals surface area contributed by atoms with Crippen LogP contribution in [0.4, 0.5) is 0 Å². The van der Waals surface area contributed by atoms with Crippen LogP contribution in [-0.2, 0) is 9.59 Å². The molecule has 3 fully saturated rings. The predicted octanol–water partition coefficient (Wildman–Crippen LogP) is 1.90. The summed E-state index contributed by atoms with van der Waals surface area (Å²) in [5.74, 6) is 0.990. The van der Waals surface area contributed by atoms with E-state index in [1.165, 1.54) is 25.7 Å². The van der Waals surface area contributed by atoms with Crippen LogP contribution in [0.2, 0.25) is 0 Å². The van der Waals surface area contributed by atoms with Gasteiger partial charge in [0.25, 0.3) is 0 Å². The predicted molar refractivity (Wildman–Crippen MR) is 89.7 cm³/mol. The van der Waals surface area contributed by atoms with Crippen molar-refractivity contribution in [1.29, 1.82) is 0 Å². The molecule has 23 heavy (non-hydrogen) atoms. The third kappa shape index (κ3) is 3.87. The van der Waals surface area contributed by atoms with Crippen molar-refractivity contribution in [3.63, 3.8) is 0 Å². The largest absolute Gasteiger partial charge is 0.341 e. The molecule has 2 aliphatic carbocycles. The molecule has 0 aromatic rings. The lowest BCUT2D eigenvalue weighted by Crippen LogP contribution is -2.54. The Labute approximate surface area is 139 Å². The first kappa shape index (κ1) is 16.7. The Morgan fingerprint density at radius 3 is 2.17 bits per heavy atom. The molecule has 1 saturated heterocycles. The van der Waals surface area contributed by atoms with Crippen LogP contribution in [0.25, 0.3) is 0 Å². The lowest BCUT2D eigenvalue weighted by Gasteiger charge is -2.30. The number of nitrogens with zero attached hydrogens (tertiary/aromatic N) is 2. The summed E-state index contributed by atoms with van der Waals surface area (Å²) in [6.07, 6.45) is 10.3. The number of hydrogen-bond acceptors (Lipinski definition) is 3. The van der Waals surface area contributed by atoms with E-state index in [4.69, 9.17) is 5.73 Å². The molecule has 2 saturated carbocycles. The zero-order chi connectivity index (χ0) is 16.3. The van der Waals surface area contributed by atoms with Crippen LogP contribution in [0.1, 0.15) is 64.2 Å². The monoisotopic (exact) mass is 321 g/mol. The van der Waals surface area contributed by atoms with Crippen molar-refractivity contribution in [2.75, 3.05) is 26.2 Å². The Bertz CT molecular complexity index is 440. The zero-order valence-electron chi connectivity index (χ0n) is 14.3. The summed E-state index contributed by atoms with van der Waals surface area (Å²) in [6.45, 7) is 2.85. The van der Waals surface area contributed by atoms with Gasteiger partial charge in [0.2, 0.25) is 11.8 Å². The second kappa shape index (κ2) is 7.20. The highest BCUT2D eigenvalue weighted by Gasteiger charge is 2.40. The van der Waals surface area contributed by atoms with Crippen molar-refractivity contribution < 1.29 is 9.59 Å². The maximum absolute atomic E-state index is 12.7. The van der Waals surface area contributed by atoms with Gasteiger partial charge < -0.3 is 15.5 Å². The number of amides is 2. The average molecular weight is 321 g/mol. The van der Waals surface area contributed by atoms with E-state index in [1.54, 1.807) is 0 Å². The fraction of sp³-hybridized carbons (Fsp3) is 0.889. The summed E-state index contributed by atoms with van der Waals surface area (Å²) in [5, 5.41) is 0. The molecule has 0 radical (unpaired) electrons. The van der Waals surface area contributed by atoms with E-state index >= 15 is 0 Å². The Kier molecular flexibility index (Phi) is 5.24. The maximum Gasteiger partial charge on any atom is 0.242 e. The molecule has 0 aromatic heterocycles. The van der Waals surface area contributed by atoms with E-state index < -0.39 is 5.54 Å². The Balaban J connectivity index is 1.52. The standard InChI is InChI=1S/C18H31N3O2/c19-18(8-3-4-9-18)17(23)21-11-5-10-20(12-13-21)16(22)14-15-6-1-2-7-15/h15H,1-14,19H2. The molecular formula is C18H31N3O2. The van der Waals surface area contributed by atoms with E-state index in [1.807, 2.05) is 9.80 Å². The lowest BCUT2D eigenvalue weighted by atomic mass is 9.97. The number of hydrogen-bond donors (Lipinski definition) is 1. The molecule has 2 N–H and O–H groups in total. The molecule has 5 heteroatoms. The van der Waals surface area contributed by atoms with Gasteiger partial charge in [0.15, 0.2) is 0 Å². The second-order valence-electron chi connectivity index (χ2n) is 7.74. The third-order valence-corrected chi connectivity index (χ3v) is 6.00. The van der Waals surface area contributed by atoms with Gasteiger partial charge in [0, 0.05) is 32.6 Å². The van der Waals surface area contributed by atoms with Crippen LogP contribution >= 0.6 is 0 Å². The molecule has 3 rings (SSSR count). The van der Waals surface area contributed by atoms with E-state index in [0.29, 0.717) is 25.4 Å². The number of nitrogens with two attached hydrogens (primary N) is 1. The third-order valence-electron chi connectivity index (χ3n) is 6.00. The topological polar surface area (TPSA) is 66.6 Å². The van der Waals surface area contributed by atoms with Gasteiger partial charge in [0.1, 0.15) is 0 Å². The van der Waals surface area contributed by atoms with Gasteiger partial charge in [0.05, 0.1) is 5.54 Å². The minimum Gasteiger partial charge on any atom is -0.341 e. The van der Waals surface area contributed by atoms with Gasteiger partial charge in [-0.05, 0) is 38.0 Å². The van der Waals surface area contributed by atoms with E-state index in [-0.39, 0.29) is 11.8 Å². The van der Waals surface area contributed by atoms with E-state index in [9.17, 15) is 9.59 Å². The van der Waals surface area contributed by atoms with E-state index in [0.717, 1.165) is 45.2 Å². The highest BCUT2D eigenvalue weighted by atomic mass is 16.2. The van der Waals surface area contributed by atoms with Gasteiger partial charge in [-0.2, -0.15) is 0 Å². The summed E-state index contributed by atoms with van der Waals surface area (Å²) >= 11 is 0. The number of carbonyl (C=O) groups is 2. The molecule has 0 unspecified atom stereocenters. The first-order valence-electron chi connectivity index (χ1n) is 9.44.